The predicted molar refractivity (Wildman–Crippen MR) is 119 cm³/mol. The number of amides is 2. The summed E-state index contributed by atoms with van der Waals surface area (Å²) in [6.45, 7) is 2.41. The van der Waals surface area contributed by atoms with Gasteiger partial charge in [0.05, 0.1) is 11.4 Å². The van der Waals surface area contributed by atoms with Gasteiger partial charge in [-0.05, 0) is 67.2 Å². The maximum Gasteiger partial charge on any atom is 0.293 e. The first-order valence-electron chi connectivity index (χ1n) is 9.30. The molecule has 0 atom stereocenters. The third kappa shape index (κ3) is 4.61. The van der Waals surface area contributed by atoms with E-state index in [1.165, 1.54) is 4.90 Å². The molecular formula is C23H18ClNO4S. The van der Waals surface area contributed by atoms with Gasteiger partial charge in [0, 0.05) is 16.7 Å². The molecule has 2 aromatic carbocycles. The van der Waals surface area contributed by atoms with Crippen LogP contribution in [0.25, 0.3) is 17.4 Å². The molecular weight excluding hydrogens is 422 g/mol. The molecule has 0 bridgehead atoms. The van der Waals surface area contributed by atoms with Crippen molar-refractivity contribution in [1.29, 1.82) is 0 Å². The Kier molecular flexibility index (Phi) is 5.97. The molecule has 1 aliphatic rings. The Balaban J connectivity index is 1.40. The van der Waals surface area contributed by atoms with E-state index in [1.807, 2.05) is 49.4 Å². The van der Waals surface area contributed by atoms with Crippen LogP contribution in [0.2, 0.25) is 5.02 Å². The van der Waals surface area contributed by atoms with E-state index >= 15 is 0 Å². The minimum Gasteiger partial charge on any atom is -0.492 e. The van der Waals surface area contributed by atoms with E-state index in [0.717, 1.165) is 22.9 Å². The van der Waals surface area contributed by atoms with Crippen molar-refractivity contribution in [2.45, 2.75) is 6.92 Å². The van der Waals surface area contributed by atoms with Crippen molar-refractivity contribution in [1.82, 2.24) is 4.90 Å². The van der Waals surface area contributed by atoms with Gasteiger partial charge in [-0.25, -0.2) is 0 Å². The third-order valence-corrected chi connectivity index (χ3v) is 5.67. The molecule has 0 radical (unpaired) electrons. The van der Waals surface area contributed by atoms with Crippen LogP contribution in [0, 0.1) is 6.92 Å². The molecule has 1 fully saturated rings. The van der Waals surface area contributed by atoms with Crippen LogP contribution in [0.5, 0.6) is 5.75 Å². The van der Waals surface area contributed by atoms with Crippen molar-refractivity contribution in [3.05, 3.63) is 81.9 Å². The highest BCUT2D eigenvalue weighted by atomic mass is 35.5. The Morgan fingerprint density at radius 1 is 1.03 bits per heavy atom. The molecule has 2 heterocycles. The lowest BCUT2D eigenvalue weighted by atomic mass is 10.2. The summed E-state index contributed by atoms with van der Waals surface area (Å²) in [6.07, 6.45) is 1.59. The average Bonchev–Trinajstić information content (AvgIpc) is 3.30. The first kappa shape index (κ1) is 20.3. The fraction of sp³-hybridized carbons (Fsp3) is 0.130. The topological polar surface area (TPSA) is 59.8 Å². The van der Waals surface area contributed by atoms with E-state index < -0.39 is 0 Å². The number of carbonyl (C=O) groups excluding carboxylic acids is 2. The lowest BCUT2D eigenvalue weighted by Gasteiger charge is -2.13. The van der Waals surface area contributed by atoms with Gasteiger partial charge < -0.3 is 9.15 Å². The zero-order chi connectivity index (χ0) is 21.1. The summed E-state index contributed by atoms with van der Waals surface area (Å²) in [6, 6.07) is 18.5. The van der Waals surface area contributed by atoms with Gasteiger partial charge in [0.15, 0.2) is 0 Å². The smallest absolute Gasteiger partial charge is 0.293 e. The Bertz CT molecular complexity index is 1100. The van der Waals surface area contributed by atoms with Gasteiger partial charge in [0.1, 0.15) is 23.9 Å². The fourth-order valence-corrected chi connectivity index (χ4v) is 3.88. The van der Waals surface area contributed by atoms with Crippen molar-refractivity contribution in [3.8, 4) is 17.1 Å². The predicted octanol–water partition coefficient (Wildman–Crippen LogP) is 6.02. The normalized spacial score (nSPS) is 15.3. The highest BCUT2D eigenvalue weighted by molar-refractivity contribution is 8.18. The Hall–Kier alpha value is -2.96. The number of hydrogen-bond donors (Lipinski definition) is 0. The van der Waals surface area contributed by atoms with Gasteiger partial charge in [0.2, 0.25) is 0 Å². The molecule has 0 unspecified atom stereocenters. The van der Waals surface area contributed by atoms with E-state index in [9.17, 15) is 9.59 Å². The number of hydrogen-bond acceptors (Lipinski definition) is 5. The Morgan fingerprint density at radius 2 is 1.77 bits per heavy atom. The zero-order valence-corrected chi connectivity index (χ0v) is 17.7. The summed E-state index contributed by atoms with van der Waals surface area (Å²) in [4.78, 5) is 26.4. The number of imide groups is 1. The lowest BCUT2D eigenvalue weighted by molar-refractivity contribution is -0.123. The zero-order valence-electron chi connectivity index (χ0n) is 16.1. The molecule has 2 amide bonds. The minimum atomic E-state index is -0.345. The van der Waals surface area contributed by atoms with Crippen molar-refractivity contribution < 1.29 is 18.7 Å². The molecule has 0 spiro atoms. The molecule has 30 heavy (non-hydrogen) atoms. The molecule has 0 saturated carbocycles. The quantitative estimate of drug-likeness (QED) is 0.439. The molecule has 1 aromatic heterocycles. The number of ether oxygens (including phenoxy) is 1. The van der Waals surface area contributed by atoms with Crippen molar-refractivity contribution in [3.63, 3.8) is 0 Å². The lowest BCUT2D eigenvalue weighted by Crippen LogP contribution is -2.32. The van der Waals surface area contributed by atoms with Gasteiger partial charge in [-0.2, -0.15) is 0 Å². The van der Waals surface area contributed by atoms with E-state index in [4.69, 9.17) is 20.8 Å². The monoisotopic (exact) mass is 439 g/mol. The molecule has 0 aliphatic carbocycles. The van der Waals surface area contributed by atoms with Crippen LogP contribution in [0.4, 0.5) is 4.79 Å². The first-order valence-corrected chi connectivity index (χ1v) is 10.5. The summed E-state index contributed by atoms with van der Waals surface area (Å²) in [5.74, 6) is 1.51. The molecule has 152 valence electrons. The fourth-order valence-electron chi connectivity index (χ4n) is 2.91. The third-order valence-electron chi connectivity index (χ3n) is 4.51. The highest BCUT2D eigenvalue weighted by Crippen LogP contribution is 2.33. The minimum absolute atomic E-state index is 0.185. The number of halogens is 1. The number of nitrogens with zero attached hydrogens (tertiary/aromatic N) is 1. The van der Waals surface area contributed by atoms with Crippen LogP contribution >= 0.6 is 23.4 Å². The summed E-state index contributed by atoms with van der Waals surface area (Å²) in [5, 5.41) is 0.328. The second kappa shape index (κ2) is 8.81. The maximum absolute atomic E-state index is 12.6. The van der Waals surface area contributed by atoms with E-state index in [1.54, 1.807) is 24.3 Å². The van der Waals surface area contributed by atoms with Gasteiger partial charge in [-0.1, -0.05) is 29.3 Å². The van der Waals surface area contributed by atoms with Crippen LogP contribution < -0.4 is 4.74 Å². The number of furan rings is 1. The molecule has 3 aromatic rings. The highest BCUT2D eigenvalue weighted by Gasteiger charge is 2.35. The molecule has 1 saturated heterocycles. The number of aryl methyl sites for hydroxylation is 1. The van der Waals surface area contributed by atoms with Gasteiger partial charge in [0.25, 0.3) is 11.1 Å². The first-order chi connectivity index (χ1) is 14.5. The molecule has 0 N–H and O–H groups in total. The van der Waals surface area contributed by atoms with Crippen LogP contribution in [0.1, 0.15) is 11.3 Å². The summed E-state index contributed by atoms with van der Waals surface area (Å²) in [7, 11) is 0. The SMILES string of the molecule is Cc1ccc(OCCN2C(=O)S/C(=C\c3ccc(-c4ccc(Cl)cc4)o3)C2=O)cc1. The second-order valence-corrected chi connectivity index (χ2v) is 8.13. The van der Waals surface area contributed by atoms with E-state index in [-0.39, 0.29) is 24.3 Å². The number of carbonyl (C=O) groups is 2. The van der Waals surface area contributed by atoms with E-state index in [0.29, 0.717) is 27.2 Å². The van der Waals surface area contributed by atoms with Gasteiger partial charge in [-0.15, -0.1) is 0 Å². The largest absolute Gasteiger partial charge is 0.492 e. The van der Waals surface area contributed by atoms with E-state index in [2.05, 4.69) is 0 Å². The number of benzene rings is 2. The summed E-state index contributed by atoms with van der Waals surface area (Å²) < 4.78 is 11.4. The Morgan fingerprint density at radius 3 is 2.50 bits per heavy atom. The van der Waals surface area contributed by atoms with Gasteiger partial charge in [-0.3, -0.25) is 14.5 Å². The number of thioether (sulfide) groups is 1. The van der Waals surface area contributed by atoms with Crippen molar-refractivity contribution in [2.24, 2.45) is 0 Å². The average molecular weight is 440 g/mol. The van der Waals surface area contributed by atoms with Crippen LogP contribution in [0.3, 0.4) is 0 Å². The maximum atomic E-state index is 12.6. The summed E-state index contributed by atoms with van der Waals surface area (Å²) >= 11 is 6.81. The second-order valence-electron chi connectivity index (χ2n) is 6.70. The molecule has 1 aliphatic heterocycles. The van der Waals surface area contributed by atoms with Crippen LogP contribution in [-0.2, 0) is 4.79 Å². The van der Waals surface area contributed by atoms with Gasteiger partial charge >= 0.3 is 0 Å². The number of rotatable bonds is 6. The molecule has 4 rings (SSSR count). The Labute approximate surface area is 183 Å². The van der Waals surface area contributed by atoms with Crippen molar-refractivity contribution >= 4 is 40.6 Å². The summed E-state index contributed by atoms with van der Waals surface area (Å²) in [5.41, 5.74) is 2.01. The van der Waals surface area contributed by atoms with Crippen molar-refractivity contribution in [2.75, 3.05) is 13.2 Å². The van der Waals surface area contributed by atoms with Crippen LogP contribution in [-0.4, -0.2) is 29.2 Å². The molecule has 5 nitrogen and oxygen atoms in total. The van der Waals surface area contributed by atoms with Crippen LogP contribution in [0.15, 0.2) is 70.0 Å². The molecule has 7 heteroatoms. The standard InChI is InChI=1S/C23H18ClNO4S/c1-15-2-8-18(9-3-15)28-13-12-25-22(26)21(30-23(25)27)14-19-10-11-20(29-19)16-4-6-17(24)7-5-16/h2-11,14H,12-13H2,1H3/b21-14-.